The lowest BCUT2D eigenvalue weighted by atomic mass is 10.1. The standard InChI is InChI=1S/C14H22N4O2/c1-9(2)13(15)14(20)17-8-12(19)18-10(3)11-5-4-6-16-7-11/h4-7,9-10,13H,8,15H2,1-3H3,(H,17,20)(H,18,19)/t10?,13-/m0/s1. The summed E-state index contributed by atoms with van der Waals surface area (Å²) in [6, 6.07) is 2.93. The molecule has 0 aliphatic carbocycles. The van der Waals surface area contributed by atoms with Crippen LogP contribution in [0.1, 0.15) is 32.4 Å². The first-order valence-electron chi connectivity index (χ1n) is 6.64. The summed E-state index contributed by atoms with van der Waals surface area (Å²) in [5.41, 5.74) is 6.59. The van der Waals surface area contributed by atoms with Gasteiger partial charge in [-0.1, -0.05) is 19.9 Å². The number of carbonyl (C=O) groups is 2. The molecule has 0 aromatic carbocycles. The molecule has 2 amide bonds. The van der Waals surface area contributed by atoms with Crippen molar-refractivity contribution in [3.63, 3.8) is 0 Å². The summed E-state index contributed by atoms with van der Waals surface area (Å²) in [5, 5.41) is 5.31. The van der Waals surface area contributed by atoms with Crippen LogP contribution in [0.4, 0.5) is 0 Å². The SMILES string of the molecule is CC(NC(=O)CNC(=O)[C@@H](N)C(C)C)c1cccnc1. The van der Waals surface area contributed by atoms with Gasteiger partial charge in [0.1, 0.15) is 0 Å². The predicted molar refractivity (Wildman–Crippen MR) is 76.6 cm³/mol. The summed E-state index contributed by atoms with van der Waals surface area (Å²) in [6.45, 7) is 5.49. The number of rotatable bonds is 6. The highest BCUT2D eigenvalue weighted by Crippen LogP contribution is 2.09. The Morgan fingerprint density at radius 3 is 2.60 bits per heavy atom. The van der Waals surface area contributed by atoms with E-state index in [1.807, 2.05) is 26.8 Å². The molecular weight excluding hydrogens is 256 g/mol. The maximum Gasteiger partial charge on any atom is 0.239 e. The average Bonchev–Trinajstić information content (AvgIpc) is 2.44. The lowest BCUT2D eigenvalue weighted by molar-refractivity contribution is -0.127. The quantitative estimate of drug-likeness (QED) is 0.700. The Kier molecular flexibility index (Phi) is 6.11. The van der Waals surface area contributed by atoms with Crippen LogP contribution in [0.2, 0.25) is 0 Å². The van der Waals surface area contributed by atoms with Crippen LogP contribution in [0.3, 0.4) is 0 Å². The zero-order valence-electron chi connectivity index (χ0n) is 12.1. The summed E-state index contributed by atoms with van der Waals surface area (Å²) in [4.78, 5) is 27.3. The molecule has 1 rings (SSSR count). The van der Waals surface area contributed by atoms with Crippen LogP contribution in [-0.2, 0) is 9.59 Å². The van der Waals surface area contributed by atoms with Crippen molar-refractivity contribution < 1.29 is 9.59 Å². The fourth-order valence-electron chi connectivity index (χ4n) is 1.60. The maximum absolute atomic E-state index is 11.7. The second-order valence-corrected chi connectivity index (χ2v) is 5.06. The molecule has 0 aliphatic heterocycles. The number of hydrogen-bond acceptors (Lipinski definition) is 4. The first kappa shape index (κ1) is 16.1. The van der Waals surface area contributed by atoms with E-state index < -0.39 is 6.04 Å². The molecule has 0 radical (unpaired) electrons. The number of nitrogens with one attached hydrogen (secondary N) is 2. The van der Waals surface area contributed by atoms with Crippen molar-refractivity contribution in [3.05, 3.63) is 30.1 Å². The Labute approximate surface area is 119 Å². The van der Waals surface area contributed by atoms with Gasteiger partial charge in [-0.05, 0) is 24.5 Å². The van der Waals surface area contributed by atoms with Gasteiger partial charge in [0.15, 0.2) is 0 Å². The zero-order valence-corrected chi connectivity index (χ0v) is 12.1. The Hall–Kier alpha value is -1.95. The van der Waals surface area contributed by atoms with Crippen molar-refractivity contribution in [2.45, 2.75) is 32.9 Å². The van der Waals surface area contributed by atoms with E-state index >= 15 is 0 Å². The molecule has 6 heteroatoms. The molecule has 0 saturated carbocycles. The second kappa shape index (κ2) is 7.59. The van der Waals surface area contributed by atoms with E-state index in [4.69, 9.17) is 5.73 Å². The van der Waals surface area contributed by atoms with Gasteiger partial charge in [0, 0.05) is 12.4 Å². The number of aromatic nitrogens is 1. The topological polar surface area (TPSA) is 97.1 Å². The van der Waals surface area contributed by atoms with Crippen LogP contribution < -0.4 is 16.4 Å². The number of amides is 2. The summed E-state index contributed by atoms with van der Waals surface area (Å²) < 4.78 is 0. The second-order valence-electron chi connectivity index (χ2n) is 5.06. The van der Waals surface area contributed by atoms with Gasteiger partial charge in [-0.25, -0.2) is 0 Å². The minimum Gasteiger partial charge on any atom is -0.348 e. The Morgan fingerprint density at radius 1 is 1.35 bits per heavy atom. The smallest absolute Gasteiger partial charge is 0.239 e. The lowest BCUT2D eigenvalue weighted by Crippen LogP contribution is -2.47. The fourth-order valence-corrected chi connectivity index (χ4v) is 1.60. The molecule has 0 aliphatic rings. The van der Waals surface area contributed by atoms with Gasteiger partial charge < -0.3 is 16.4 Å². The first-order chi connectivity index (χ1) is 9.41. The summed E-state index contributed by atoms with van der Waals surface area (Å²) >= 11 is 0. The van der Waals surface area contributed by atoms with Gasteiger partial charge in [0.2, 0.25) is 11.8 Å². The Bertz CT molecular complexity index is 448. The highest BCUT2D eigenvalue weighted by Gasteiger charge is 2.18. The molecule has 2 atom stereocenters. The molecule has 1 aromatic heterocycles. The van der Waals surface area contributed by atoms with E-state index in [1.165, 1.54) is 0 Å². The van der Waals surface area contributed by atoms with E-state index in [-0.39, 0.29) is 30.3 Å². The molecule has 1 unspecified atom stereocenters. The zero-order chi connectivity index (χ0) is 15.1. The van der Waals surface area contributed by atoms with Gasteiger partial charge >= 0.3 is 0 Å². The van der Waals surface area contributed by atoms with E-state index in [2.05, 4.69) is 15.6 Å². The van der Waals surface area contributed by atoms with E-state index in [1.54, 1.807) is 18.5 Å². The van der Waals surface area contributed by atoms with Crippen molar-refractivity contribution in [2.24, 2.45) is 11.7 Å². The molecule has 20 heavy (non-hydrogen) atoms. The first-order valence-corrected chi connectivity index (χ1v) is 6.64. The minimum atomic E-state index is -0.599. The molecule has 110 valence electrons. The molecule has 0 bridgehead atoms. The van der Waals surface area contributed by atoms with Crippen LogP contribution in [-0.4, -0.2) is 29.4 Å². The Morgan fingerprint density at radius 2 is 2.05 bits per heavy atom. The van der Waals surface area contributed by atoms with Gasteiger partial charge in [0.25, 0.3) is 0 Å². The molecule has 6 nitrogen and oxygen atoms in total. The van der Waals surface area contributed by atoms with Crippen molar-refractivity contribution in [2.75, 3.05) is 6.54 Å². The molecule has 1 heterocycles. The fraction of sp³-hybridized carbons (Fsp3) is 0.500. The summed E-state index contributed by atoms with van der Waals surface area (Å²) in [6.07, 6.45) is 3.36. The van der Waals surface area contributed by atoms with Crippen molar-refractivity contribution >= 4 is 11.8 Å². The third-order valence-corrected chi connectivity index (χ3v) is 3.01. The van der Waals surface area contributed by atoms with Crippen LogP contribution in [0.15, 0.2) is 24.5 Å². The largest absolute Gasteiger partial charge is 0.348 e. The van der Waals surface area contributed by atoms with Crippen LogP contribution in [0.25, 0.3) is 0 Å². The molecule has 0 fully saturated rings. The number of hydrogen-bond donors (Lipinski definition) is 3. The summed E-state index contributed by atoms with van der Waals surface area (Å²) in [5.74, 6) is -0.540. The third kappa shape index (κ3) is 4.97. The summed E-state index contributed by atoms with van der Waals surface area (Å²) in [7, 11) is 0. The van der Waals surface area contributed by atoms with Gasteiger partial charge in [-0.15, -0.1) is 0 Å². The number of nitrogens with two attached hydrogens (primary N) is 1. The average molecular weight is 278 g/mol. The third-order valence-electron chi connectivity index (χ3n) is 3.01. The van der Waals surface area contributed by atoms with Crippen LogP contribution in [0.5, 0.6) is 0 Å². The van der Waals surface area contributed by atoms with Crippen molar-refractivity contribution in [1.29, 1.82) is 0 Å². The lowest BCUT2D eigenvalue weighted by Gasteiger charge is -2.17. The molecule has 0 spiro atoms. The van der Waals surface area contributed by atoms with Crippen LogP contribution >= 0.6 is 0 Å². The predicted octanol–water partition coefficient (Wildman–Crippen LogP) is 0.358. The highest BCUT2D eigenvalue weighted by atomic mass is 16.2. The molecule has 1 aromatic rings. The number of carbonyl (C=O) groups excluding carboxylic acids is 2. The minimum absolute atomic E-state index is 0.0346. The highest BCUT2D eigenvalue weighted by molar-refractivity contribution is 5.87. The van der Waals surface area contributed by atoms with E-state index in [0.29, 0.717) is 0 Å². The number of pyridine rings is 1. The van der Waals surface area contributed by atoms with E-state index in [0.717, 1.165) is 5.56 Å². The molecule has 0 saturated heterocycles. The number of nitrogens with zero attached hydrogens (tertiary/aromatic N) is 1. The maximum atomic E-state index is 11.7. The van der Waals surface area contributed by atoms with Gasteiger partial charge in [-0.3, -0.25) is 14.6 Å². The van der Waals surface area contributed by atoms with E-state index in [9.17, 15) is 9.59 Å². The normalized spacial score (nSPS) is 13.7. The van der Waals surface area contributed by atoms with Gasteiger partial charge in [-0.2, -0.15) is 0 Å². The Balaban J connectivity index is 2.39. The van der Waals surface area contributed by atoms with Crippen molar-refractivity contribution in [1.82, 2.24) is 15.6 Å². The molecular formula is C14H22N4O2. The van der Waals surface area contributed by atoms with Crippen LogP contribution in [0, 0.1) is 5.92 Å². The monoisotopic (exact) mass is 278 g/mol. The molecule has 4 N–H and O–H groups in total. The van der Waals surface area contributed by atoms with Crippen molar-refractivity contribution in [3.8, 4) is 0 Å². The van der Waals surface area contributed by atoms with Gasteiger partial charge in [0.05, 0.1) is 18.6 Å².